The molecule has 0 saturated carbocycles. The van der Waals surface area contributed by atoms with Crippen molar-refractivity contribution in [2.75, 3.05) is 23.8 Å². The highest BCUT2D eigenvalue weighted by Crippen LogP contribution is 2.37. The first-order valence-electron chi connectivity index (χ1n) is 8.82. The van der Waals surface area contributed by atoms with Crippen molar-refractivity contribution in [1.29, 1.82) is 0 Å². The maximum atomic E-state index is 12.5. The fraction of sp³-hybridized carbons (Fsp3) is 0.300. The van der Waals surface area contributed by atoms with Gasteiger partial charge in [0.2, 0.25) is 5.91 Å². The van der Waals surface area contributed by atoms with Gasteiger partial charge in [0.15, 0.2) is 0 Å². The summed E-state index contributed by atoms with van der Waals surface area (Å²) in [6, 6.07) is 11.6. The summed E-state index contributed by atoms with van der Waals surface area (Å²) in [4.78, 5) is 23.9. The van der Waals surface area contributed by atoms with E-state index in [1.165, 1.54) is 0 Å². The molecule has 0 spiro atoms. The van der Waals surface area contributed by atoms with Gasteiger partial charge in [-0.3, -0.25) is 9.59 Å². The van der Waals surface area contributed by atoms with Crippen molar-refractivity contribution in [2.24, 2.45) is 5.73 Å². The highest BCUT2D eigenvalue weighted by Gasteiger charge is 2.18. The molecule has 0 aliphatic rings. The van der Waals surface area contributed by atoms with Gasteiger partial charge in [0.05, 0.1) is 24.6 Å². The van der Waals surface area contributed by atoms with E-state index in [0.717, 1.165) is 0 Å². The van der Waals surface area contributed by atoms with Crippen molar-refractivity contribution in [3.05, 3.63) is 48.0 Å². The maximum absolute atomic E-state index is 12.5. The molecule has 2 rings (SSSR count). The van der Waals surface area contributed by atoms with Crippen LogP contribution >= 0.6 is 0 Å². The Bertz CT molecular complexity index is 793. The lowest BCUT2D eigenvalue weighted by molar-refractivity contribution is -0.118. The van der Waals surface area contributed by atoms with E-state index in [0.29, 0.717) is 41.7 Å². The Labute approximate surface area is 158 Å². The molecule has 0 unspecified atom stereocenters. The maximum Gasteiger partial charge on any atom is 0.255 e. The van der Waals surface area contributed by atoms with Crippen LogP contribution in [0.15, 0.2) is 42.5 Å². The summed E-state index contributed by atoms with van der Waals surface area (Å²) in [5.41, 5.74) is 6.90. The van der Waals surface area contributed by atoms with Gasteiger partial charge in [-0.15, -0.1) is 0 Å². The monoisotopic (exact) mass is 371 g/mol. The van der Waals surface area contributed by atoms with Crippen LogP contribution in [0, 0.1) is 0 Å². The Morgan fingerprint density at radius 1 is 1.00 bits per heavy atom. The Morgan fingerprint density at radius 3 is 2.11 bits per heavy atom. The molecule has 0 aliphatic carbocycles. The average molecular weight is 371 g/mol. The van der Waals surface area contributed by atoms with Crippen LogP contribution < -0.4 is 25.8 Å². The molecular formula is C20H25N3O4. The van der Waals surface area contributed by atoms with Crippen molar-refractivity contribution in [3.8, 4) is 11.5 Å². The number of nitrogens with two attached hydrogens (primary N) is 1. The largest absolute Gasteiger partial charge is 0.492 e. The Morgan fingerprint density at radius 2 is 1.56 bits per heavy atom. The van der Waals surface area contributed by atoms with Gasteiger partial charge >= 0.3 is 0 Å². The fourth-order valence-electron chi connectivity index (χ4n) is 2.41. The first kappa shape index (κ1) is 20.1. The first-order chi connectivity index (χ1) is 13.0. The zero-order valence-corrected chi connectivity index (χ0v) is 15.7. The molecule has 0 saturated heterocycles. The summed E-state index contributed by atoms with van der Waals surface area (Å²) in [5.74, 6) is 0.198. The normalized spacial score (nSPS) is 11.4. The standard InChI is InChI=1S/C20H25N3O4/c1-4-26-17-12-16(23-20(25)14-9-7-6-8-10-14)18(27-5-2)11-15(17)22-13(3)19(21)24/h6-13,22H,4-5H2,1-3H3,(H2,21,24)(H,23,25)/t13-/m1/s1. The van der Waals surface area contributed by atoms with Crippen LogP contribution in [-0.2, 0) is 4.79 Å². The third-order valence-corrected chi connectivity index (χ3v) is 3.76. The van der Waals surface area contributed by atoms with Crippen LogP contribution in [0.2, 0.25) is 0 Å². The predicted molar refractivity (Wildman–Crippen MR) is 105 cm³/mol. The van der Waals surface area contributed by atoms with E-state index in [1.807, 2.05) is 19.9 Å². The Hall–Kier alpha value is -3.22. The molecule has 27 heavy (non-hydrogen) atoms. The quantitative estimate of drug-likeness (QED) is 0.629. The van der Waals surface area contributed by atoms with Crippen LogP contribution in [0.5, 0.6) is 11.5 Å². The smallest absolute Gasteiger partial charge is 0.255 e. The first-order valence-corrected chi connectivity index (χ1v) is 8.82. The van der Waals surface area contributed by atoms with E-state index in [9.17, 15) is 9.59 Å². The Kier molecular flexibility index (Phi) is 7.05. The second-order valence-electron chi connectivity index (χ2n) is 5.80. The summed E-state index contributed by atoms with van der Waals surface area (Å²) < 4.78 is 11.3. The van der Waals surface area contributed by atoms with E-state index in [1.54, 1.807) is 43.3 Å². The molecule has 0 bridgehead atoms. The summed E-state index contributed by atoms with van der Waals surface area (Å²) >= 11 is 0. The molecule has 0 aromatic heterocycles. The number of carbonyl (C=O) groups excluding carboxylic acids is 2. The van der Waals surface area contributed by atoms with E-state index in [2.05, 4.69) is 10.6 Å². The molecule has 4 N–H and O–H groups in total. The lowest BCUT2D eigenvalue weighted by atomic mass is 10.1. The summed E-state index contributed by atoms with van der Waals surface area (Å²) in [6.07, 6.45) is 0. The van der Waals surface area contributed by atoms with E-state index < -0.39 is 11.9 Å². The minimum atomic E-state index is -0.594. The molecule has 1 atom stereocenters. The number of carbonyl (C=O) groups is 2. The average Bonchev–Trinajstić information content (AvgIpc) is 2.65. The second-order valence-corrected chi connectivity index (χ2v) is 5.80. The molecule has 7 nitrogen and oxygen atoms in total. The van der Waals surface area contributed by atoms with Gasteiger partial charge in [0, 0.05) is 17.7 Å². The number of rotatable bonds is 9. The highest BCUT2D eigenvalue weighted by atomic mass is 16.5. The summed E-state index contributed by atoms with van der Waals surface area (Å²) in [7, 11) is 0. The van der Waals surface area contributed by atoms with Crippen LogP contribution in [0.3, 0.4) is 0 Å². The number of ether oxygens (including phenoxy) is 2. The van der Waals surface area contributed by atoms with Crippen LogP contribution in [0.25, 0.3) is 0 Å². The number of primary amides is 1. The van der Waals surface area contributed by atoms with Gasteiger partial charge in [0.25, 0.3) is 5.91 Å². The lowest BCUT2D eigenvalue weighted by Gasteiger charge is -2.20. The van der Waals surface area contributed by atoms with Gasteiger partial charge in [-0.2, -0.15) is 0 Å². The summed E-state index contributed by atoms with van der Waals surface area (Å²) in [5, 5.41) is 5.86. The molecule has 0 aliphatic heterocycles. The van der Waals surface area contributed by atoms with E-state index in [4.69, 9.17) is 15.2 Å². The number of benzene rings is 2. The molecule has 2 aromatic rings. The van der Waals surface area contributed by atoms with Crippen LogP contribution in [0.1, 0.15) is 31.1 Å². The Balaban J connectivity index is 2.38. The van der Waals surface area contributed by atoms with Gasteiger partial charge in [-0.05, 0) is 32.9 Å². The van der Waals surface area contributed by atoms with Crippen molar-refractivity contribution >= 4 is 23.2 Å². The van der Waals surface area contributed by atoms with Gasteiger partial charge < -0.3 is 25.8 Å². The van der Waals surface area contributed by atoms with Crippen molar-refractivity contribution in [3.63, 3.8) is 0 Å². The zero-order valence-electron chi connectivity index (χ0n) is 15.7. The van der Waals surface area contributed by atoms with Gasteiger partial charge in [0.1, 0.15) is 17.5 Å². The third-order valence-electron chi connectivity index (χ3n) is 3.76. The van der Waals surface area contributed by atoms with Crippen LogP contribution in [-0.4, -0.2) is 31.1 Å². The van der Waals surface area contributed by atoms with Gasteiger partial charge in [-0.1, -0.05) is 18.2 Å². The lowest BCUT2D eigenvalue weighted by Crippen LogP contribution is -2.32. The minimum absolute atomic E-state index is 0.259. The van der Waals surface area contributed by atoms with E-state index in [-0.39, 0.29) is 5.91 Å². The number of amides is 2. The minimum Gasteiger partial charge on any atom is -0.492 e. The molecule has 0 heterocycles. The molecule has 7 heteroatoms. The number of nitrogens with one attached hydrogen (secondary N) is 2. The molecule has 2 aromatic carbocycles. The number of hydrogen-bond acceptors (Lipinski definition) is 5. The highest BCUT2D eigenvalue weighted by molar-refractivity contribution is 6.05. The predicted octanol–water partition coefficient (Wildman–Crippen LogP) is 3.02. The molecule has 2 amide bonds. The molecule has 144 valence electrons. The SMILES string of the molecule is CCOc1cc(N[C@H](C)C(N)=O)c(OCC)cc1NC(=O)c1ccccc1. The van der Waals surface area contributed by atoms with Crippen molar-refractivity contribution < 1.29 is 19.1 Å². The molecule has 0 fully saturated rings. The second kappa shape index (κ2) is 9.47. The third kappa shape index (κ3) is 5.37. The van der Waals surface area contributed by atoms with Crippen molar-refractivity contribution in [1.82, 2.24) is 0 Å². The molecular weight excluding hydrogens is 346 g/mol. The summed E-state index contributed by atoms with van der Waals surface area (Å²) in [6.45, 7) is 6.18. The van der Waals surface area contributed by atoms with Crippen molar-refractivity contribution in [2.45, 2.75) is 26.8 Å². The van der Waals surface area contributed by atoms with Gasteiger partial charge in [-0.25, -0.2) is 0 Å². The molecule has 0 radical (unpaired) electrons. The number of anilines is 2. The van der Waals surface area contributed by atoms with E-state index >= 15 is 0 Å². The van der Waals surface area contributed by atoms with Crippen LogP contribution in [0.4, 0.5) is 11.4 Å². The topological polar surface area (TPSA) is 103 Å². The zero-order chi connectivity index (χ0) is 19.8. The number of hydrogen-bond donors (Lipinski definition) is 3. The fourth-order valence-corrected chi connectivity index (χ4v) is 2.41.